The summed E-state index contributed by atoms with van der Waals surface area (Å²) >= 11 is 5.95. The number of carbonyl (C=O) groups is 1. The molecule has 2 rings (SSSR count). The highest BCUT2D eigenvalue weighted by molar-refractivity contribution is 6.32. The fraction of sp³-hybridized carbons (Fsp3) is 0.500. The summed E-state index contributed by atoms with van der Waals surface area (Å²) in [6.45, 7) is 2.99. The third-order valence-electron chi connectivity index (χ3n) is 3.46. The maximum Gasteiger partial charge on any atom is 0.260 e. The van der Waals surface area contributed by atoms with Crippen LogP contribution in [0.15, 0.2) is 24.3 Å². The monoisotopic (exact) mass is 283 g/mol. The first kappa shape index (κ1) is 14.2. The van der Waals surface area contributed by atoms with Gasteiger partial charge in [0.15, 0.2) is 6.61 Å². The van der Waals surface area contributed by atoms with E-state index in [1.807, 2.05) is 6.92 Å². The van der Waals surface area contributed by atoms with Gasteiger partial charge < -0.3 is 14.7 Å². The van der Waals surface area contributed by atoms with Crippen molar-refractivity contribution in [2.45, 2.75) is 19.4 Å². The molecule has 4 nitrogen and oxygen atoms in total. The average Bonchev–Trinajstić information content (AvgIpc) is 2.40. The molecule has 0 aromatic heterocycles. The van der Waals surface area contributed by atoms with E-state index in [9.17, 15) is 9.90 Å². The minimum atomic E-state index is -0.446. The maximum atomic E-state index is 12.0. The van der Waals surface area contributed by atoms with Crippen LogP contribution in [0.25, 0.3) is 0 Å². The van der Waals surface area contributed by atoms with Crippen molar-refractivity contribution in [3.05, 3.63) is 29.3 Å². The van der Waals surface area contributed by atoms with Crippen LogP contribution >= 0.6 is 11.6 Å². The fourth-order valence-corrected chi connectivity index (χ4v) is 2.26. The van der Waals surface area contributed by atoms with Crippen LogP contribution in [0.1, 0.15) is 13.3 Å². The molecule has 1 aliphatic heterocycles. The topological polar surface area (TPSA) is 49.8 Å². The zero-order valence-electron chi connectivity index (χ0n) is 10.9. The molecule has 0 aliphatic carbocycles. The molecule has 1 heterocycles. The fourth-order valence-electron chi connectivity index (χ4n) is 2.07. The van der Waals surface area contributed by atoms with Crippen molar-refractivity contribution in [2.75, 3.05) is 19.7 Å². The summed E-state index contributed by atoms with van der Waals surface area (Å²) in [6, 6.07) is 7.05. The number of aliphatic hydroxyl groups excluding tert-OH is 1. The summed E-state index contributed by atoms with van der Waals surface area (Å²) in [5, 5.41) is 10.3. The number of nitrogens with zero attached hydrogens (tertiary/aromatic N) is 1. The van der Waals surface area contributed by atoms with Crippen molar-refractivity contribution in [3.8, 4) is 5.75 Å². The van der Waals surface area contributed by atoms with Gasteiger partial charge in [-0.25, -0.2) is 0 Å². The second-order valence-corrected chi connectivity index (χ2v) is 5.30. The lowest BCUT2D eigenvalue weighted by atomic mass is 9.96. The van der Waals surface area contributed by atoms with E-state index in [4.69, 9.17) is 16.3 Å². The van der Waals surface area contributed by atoms with Crippen LogP contribution in [0.3, 0.4) is 0 Å². The molecule has 1 amide bonds. The Kier molecular flexibility index (Phi) is 4.66. The number of halogens is 1. The van der Waals surface area contributed by atoms with Gasteiger partial charge in [-0.05, 0) is 24.5 Å². The van der Waals surface area contributed by atoms with Crippen molar-refractivity contribution >= 4 is 17.5 Å². The van der Waals surface area contributed by atoms with E-state index < -0.39 is 6.10 Å². The summed E-state index contributed by atoms with van der Waals surface area (Å²) < 4.78 is 5.41. The molecule has 1 fully saturated rings. The number of piperidine rings is 1. The summed E-state index contributed by atoms with van der Waals surface area (Å²) in [6.07, 6.45) is 0.372. The Labute approximate surface area is 117 Å². The van der Waals surface area contributed by atoms with Gasteiger partial charge >= 0.3 is 0 Å². The predicted molar refractivity (Wildman–Crippen MR) is 73.3 cm³/mol. The van der Waals surface area contributed by atoms with Crippen molar-refractivity contribution in [1.29, 1.82) is 0 Å². The van der Waals surface area contributed by atoms with E-state index in [0.717, 1.165) is 6.42 Å². The van der Waals surface area contributed by atoms with Gasteiger partial charge in [0.25, 0.3) is 5.91 Å². The number of amides is 1. The molecule has 5 heteroatoms. The Hall–Kier alpha value is -1.26. The Morgan fingerprint density at radius 3 is 2.95 bits per heavy atom. The molecule has 1 aromatic rings. The third-order valence-corrected chi connectivity index (χ3v) is 3.77. The summed E-state index contributed by atoms with van der Waals surface area (Å²) in [7, 11) is 0. The Bertz CT molecular complexity index is 452. The van der Waals surface area contributed by atoms with Crippen LogP contribution in [0.5, 0.6) is 5.75 Å². The van der Waals surface area contributed by atoms with Gasteiger partial charge in [-0.1, -0.05) is 30.7 Å². The molecule has 2 atom stereocenters. The molecule has 1 aliphatic rings. The van der Waals surface area contributed by atoms with Gasteiger partial charge in [0.1, 0.15) is 5.75 Å². The van der Waals surface area contributed by atoms with E-state index in [-0.39, 0.29) is 18.4 Å². The zero-order valence-corrected chi connectivity index (χ0v) is 11.6. The lowest BCUT2D eigenvalue weighted by Gasteiger charge is -2.34. The number of benzene rings is 1. The number of carbonyl (C=O) groups excluding carboxylic acids is 1. The van der Waals surface area contributed by atoms with Crippen molar-refractivity contribution in [1.82, 2.24) is 4.90 Å². The first-order valence-electron chi connectivity index (χ1n) is 6.41. The Morgan fingerprint density at radius 2 is 2.26 bits per heavy atom. The SMILES string of the molecule is CC1CCN(C(=O)COc2ccccc2Cl)CC1O. The van der Waals surface area contributed by atoms with Gasteiger partial charge in [0, 0.05) is 13.1 Å². The number of aliphatic hydroxyl groups is 1. The van der Waals surface area contributed by atoms with Crippen LogP contribution in [-0.2, 0) is 4.79 Å². The highest BCUT2D eigenvalue weighted by Gasteiger charge is 2.27. The molecule has 2 unspecified atom stereocenters. The number of ether oxygens (including phenoxy) is 1. The lowest BCUT2D eigenvalue weighted by Crippen LogP contribution is -2.47. The molecule has 1 saturated heterocycles. The number of para-hydroxylation sites is 1. The maximum absolute atomic E-state index is 12.0. The smallest absolute Gasteiger partial charge is 0.260 e. The highest BCUT2D eigenvalue weighted by Crippen LogP contribution is 2.23. The Morgan fingerprint density at radius 1 is 1.53 bits per heavy atom. The number of hydrogen-bond donors (Lipinski definition) is 1. The zero-order chi connectivity index (χ0) is 13.8. The van der Waals surface area contributed by atoms with Crippen LogP contribution in [-0.4, -0.2) is 41.7 Å². The van der Waals surface area contributed by atoms with E-state index in [1.54, 1.807) is 29.2 Å². The van der Waals surface area contributed by atoms with Gasteiger partial charge in [-0.2, -0.15) is 0 Å². The van der Waals surface area contributed by atoms with Gasteiger partial charge in [-0.3, -0.25) is 4.79 Å². The Balaban J connectivity index is 1.87. The van der Waals surface area contributed by atoms with Crippen molar-refractivity contribution in [2.24, 2.45) is 5.92 Å². The van der Waals surface area contributed by atoms with Crippen LogP contribution in [0, 0.1) is 5.92 Å². The summed E-state index contributed by atoms with van der Waals surface area (Å²) in [5.41, 5.74) is 0. The van der Waals surface area contributed by atoms with Crippen LogP contribution < -0.4 is 4.74 Å². The van der Waals surface area contributed by atoms with Gasteiger partial charge in [0.05, 0.1) is 11.1 Å². The number of hydrogen-bond acceptors (Lipinski definition) is 3. The quantitative estimate of drug-likeness (QED) is 0.922. The molecule has 1 aromatic carbocycles. The van der Waals surface area contributed by atoms with E-state index in [0.29, 0.717) is 23.9 Å². The molecule has 0 spiro atoms. The van der Waals surface area contributed by atoms with E-state index >= 15 is 0 Å². The van der Waals surface area contributed by atoms with Crippen LogP contribution in [0.2, 0.25) is 5.02 Å². The van der Waals surface area contributed by atoms with Crippen molar-refractivity contribution < 1.29 is 14.6 Å². The molecule has 0 bridgehead atoms. The minimum Gasteiger partial charge on any atom is -0.482 e. The summed E-state index contributed by atoms with van der Waals surface area (Å²) in [4.78, 5) is 13.6. The molecular weight excluding hydrogens is 266 g/mol. The second kappa shape index (κ2) is 6.26. The molecule has 0 radical (unpaired) electrons. The van der Waals surface area contributed by atoms with E-state index in [2.05, 4.69) is 0 Å². The van der Waals surface area contributed by atoms with E-state index in [1.165, 1.54) is 0 Å². The predicted octanol–water partition coefficient (Wildman–Crippen LogP) is 1.95. The number of rotatable bonds is 3. The molecule has 19 heavy (non-hydrogen) atoms. The number of likely N-dealkylation sites (tertiary alicyclic amines) is 1. The second-order valence-electron chi connectivity index (χ2n) is 4.89. The lowest BCUT2D eigenvalue weighted by molar-refractivity contribution is -0.137. The standard InChI is InChI=1S/C14H18ClNO3/c1-10-6-7-16(8-12(10)17)14(18)9-19-13-5-3-2-4-11(13)15/h2-5,10,12,17H,6-9H2,1H3. The molecule has 0 saturated carbocycles. The molecular formula is C14H18ClNO3. The summed E-state index contributed by atoms with van der Waals surface area (Å²) in [5.74, 6) is 0.628. The van der Waals surface area contributed by atoms with Gasteiger partial charge in [0.2, 0.25) is 0 Å². The molecule has 1 N–H and O–H groups in total. The third kappa shape index (κ3) is 3.61. The first-order valence-corrected chi connectivity index (χ1v) is 6.79. The van der Waals surface area contributed by atoms with Gasteiger partial charge in [-0.15, -0.1) is 0 Å². The molecule has 104 valence electrons. The minimum absolute atomic E-state index is 0.0508. The highest BCUT2D eigenvalue weighted by atomic mass is 35.5. The van der Waals surface area contributed by atoms with Crippen molar-refractivity contribution in [3.63, 3.8) is 0 Å². The largest absolute Gasteiger partial charge is 0.482 e. The first-order chi connectivity index (χ1) is 9.08. The normalized spacial score (nSPS) is 23.2. The van der Waals surface area contributed by atoms with Crippen LogP contribution in [0.4, 0.5) is 0 Å². The average molecular weight is 284 g/mol. The number of β-amino-alcohol motifs (C(OH)–C–C–N with tert-alkyl or cyclic N) is 1.